The Labute approximate surface area is 223 Å². The highest BCUT2D eigenvalue weighted by Crippen LogP contribution is 2.16. The topological polar surface area (TPSA) is 87.5 Å². The molecule has 0 aliphatic carbocycles. The van der Waals surface area contributed by atoms with Gasteiger partial charge in [-0.3, -0.25) is 9.69 Å². The lowest BCUT2D eigenvalue weighted by atomic mass is 10.2. The molecule has 4 rings (SSSR count). The van der Waals surface area contributed by atoms with Gasteiger partial charge in [0.05, 0.1) is 33.1 Å². The lowest BCUT2D eigenvalue weighted by Crippen LogP contribution is -2.45. The summed E-state index contributed by atoms with van der Waals surface area (Å²) in [7, 11) is 1.60. The number of benzene rings is 2. The highest BCUT2D eigenvalue weighted by atomic mass is 16.5. The third-order valence-corrected chi connectivity index (χ3v) is 6.46. The van der Waals surface area contributed by atoms with E-state index in [0.717, 1.165) is 44.8 Å². The molecular formula is C29H36N4O5. The number of nitrogens with one attached hydrogen (secondary N) is 1. The number of anilines is 1. The molecule has 0 saturated carbocycles. The maximum absolute atomic E-state index is 13.6. The van der Waals surface area contributed by atoms with Gasteiger partial charge in [0.2, 0.25) is 5.91 Å². The molecule has 2 heterocycles. The minimum absolute atomic E-state index is 0.0430. The fourth-order valence-corrected chi connectivity index (χ4v) is 4.33. The second-order valence-corrected chi connectivity index (χ2v) is 9.20. The van der Waals surface area contributed by atoms with Crippen LogP contribution in [0.2, 0.25) is 0 Å². The van der Waals surface area contributed by atoms with Crippen molar-refractivity contribution in [3.05, 3.63) is 84.3 Å². The summed E-state index contributed by atoms with van der Waals surface area (Å²) in [6.45, 7) is 5.19. The summed E-state index contributed by atoms with van der Waals surface area (Å²) in [5.41, 5.74) is 1.65. The van der Waals surface area contributed by atoms with Gasteiger partial charge in [0.1, 0.15) is 18.1 Å². The van der Waals surface area contributed by atoms with Gasteiger partial charge in [-0.15, -0.1) is 0 Å². The van der Waals surface area contributed by atoms with Gasteiger partial charge in [-0.05, 0) is 48.4 Å². The number of furan rings is 1. The number of hydrogen-bond donors (Lipinski definition) is 1. The Bertz CT molecular complexity index is 1120. The summed E-state index contributed by atoms with van der Waals surface area (Å²) in [5, 5.41) is 2.93. The zero-order chi connectivity index (χ0) is 26.6. The number of carbonyl (C=O) groups excluding carboxylic acids is 2. The quantitative estimate of drug-likeness (QED) is 0.387. The van der Waals surface area contributed by atoms with Crippen LogP contribution >= 0.6 is 0 Å². The largest absolute Gasteiger partial charge is 0.497 e. The number of methoxy groups -OCH3 is 1. The molecule has 1 N–H and O–H groups in total. The van der Waals surface area contributed by atoms with Crippen molar-refractivity contribution in [3.8, 4) is 5.75 Å². The molecule has 1 aliphatic heterocycles. The summed E-state index contributed by atoms with van der Waals surface area (Å²) >= 11 is 0. The SMILES string of the molecule is COc1ccc(NC(=O)N(CCCN2CCOCC2)CC(=O)N(Cc2ccccc2)Cc2ccco2)cc1. The predicted molar refractivity (Wildman–Crippen MR) is 145 cm³/mol. The number of rotatable bonds is 12. The Balaban J connectivity index is 1.45. The Kier molecular flexibility index (Phi) is 10.2. The van der Waals surface area contributed by atoms with Crippen LogP contribution in [-0.4, -0.2) is 79.7 Å². The molecule has 0 atom stereocenters. The Hall–Kier alpha value is -3.82. The van der Waals surface area contributed by atoms with Crippen LogP contribution in [0.15, 0.2) is 77.4 Å². The van der Waals surface area contributed by atoms with E-state index in [4.69, 9.17) is 13.9 Å². The van der Waals surface area contributed by atoms with Gasteiger partial charge in [-0.2, -0.15) is 0 Å². The van der Waals surface area contributed by atoms with Gasteiger partial charge in [0, 0.05) is 38.4 Å². The summed E-state index contributed by atoms with van der Waals surface area (Å²) < 4.78 is 16.2. The van der Waals surface area contributed by atoms with Gasteiger partial charge >= 0.3 is 6.03 Å². The minimum atomic E-state index is -0.317. The first-order valence-electron chi connectivity index (χ1n) is 12.9. The molecule has 1 aromatic heterocycles. The van der Waals surface area contributed by atoms with Gasteiger partial charge in [0.25, 0.3) is 0 Å². The number of urea groups is 1. The molecule has 1 fully saturated rings. The monoisotopic (exact) mass is 520 g/mol. The third-order valence-electron chi connectivity index (χ3n) is 6.46. The molecule has 202 valence electrons. The fraction of sp³-hybridized carbons (Fsp3) is 0.379. The van der Waals surface area contributed by atoms with E-state index in [0.29, 0.717) is 36.8 Å². The number of carbonyl (C=O) groups is 2. The van der Waals surface area contributed by atoms with Gasteiger partial charge in [0.15, 0.2) is 0 Å². The van der Waals surface area contributed by atoms with Crippen molar-refractivity contribution < 1.29 is 23.5 Å². The predicted octanol–water partition coefficient (Wildman–Crippen LogP) is 4.07. The Morgan fingerprint density at radius 3 is 2.39 bits per heavy atom. The van der Waals surface area contributed by atoms with Crippen molar-refractivity contribution in [3.63, 3.8) is 0 Å². The zero-order valence-electron chi connectivity index (χ0n) is 21.9. The number of morpholine rings is 1. The molecule has 2 aromatic carbocycles. The molecule has 3 aromatic rings. The van der Waals surface area contributed by atoms with Crippen molar-refractivity contribution in [2.45, 2.75) is 19.5 Å². The number of hydrogen-bond acceptors (Lipinski definition) is 6. The summed E-state index contributed by atoms with van der Waals surface area (Å²) in [4.78, 5) is 32.6. The molecule has 0 bridgehead atoms. The molecule has 1 saturated heterocycles. The van der Waals surface area contributed by atoms with Crippen LogP contribution < -0.4 is 10.1 Å². The van der Waals surface area contributed by atoms with Gasteiger partial charge in [-0.1, -0.05) is 30.3 Å². The lowest BCUT2D eigenvalue weighted by molar-refractivity contribution is -0.133. The fourth-order valence-electron chi connectivity index (χ4n) is 4.33. The highest BCUT2D eigenvalue weighted by molar-refractivity contribution is 5.92. The average Bonchev–Trinajstić information content (AvgIpc) is 3.47. The van der Waals surface area contributed by atoms with E-state index in [-0.39, 0.29) is 18.5 Å². The van der Waals surface area contributed by atoms with E-state index >= 15 is 0 Å². The van der Waals surface area contributed by atoms with Crippen molar-refractivity contribution in [1.29, 1.82) is 0 Å². The van der Waals surface area contributed by atoms with Crippen LogP contribution in [0, 0.1) is 0 Å². The summed E-state index contributed by atoms with van der Waals surface area (Å²) in [5.74, 6) is 1.24. The maximum Gasteiger partial charge on any atom is 0.322 e. The highest BCUT2D eigenvalue weighted by Gasteiger charge is 2.23. The van der Waals surface area contributed by atoms with E-state index in [1.54, 1.807) is 53.5 Å². The molecule has 38 heavy (non-hydrogen) atoms. The maximum atomic E-state index is 13.6. The lowest BCUT2D eigenvalue weighted by Gasteiger charge is -2.30. The minimum Gasteiger partial charge on any atom is -0.497 e. The summed E-state index contributed by atoms with van der Waals surface area (Å²) in [6.07, 6.45) is 2.35. The second-order valence-electron chi connectivity index (χ2n) is 9.20. The van der Waals surface area contributed by atoms with Crippen LogP contribution in [-0.2, 0) is 22.6 Å². The molecule has 3 amide bonds. The number of nitrogens with zero attached hydrogens (tertiary/aromatic N) is 3. The Morgan fingerprint density at radius 1 is 0.947 bits per heavy atom. The first-order chi connectivity index (χ1) is 18.6. The van der Waals surface area contributed by atoms with Crippen molar-refractivity contribution >= 4 is 17.6 Å². The number of amides is 3. The van der Waals surface area contributed by atoms with Gasteiger partial charge < -0.3 is 29.0 Å². The van der Waals surface area contributed by atoms with Crippen LogP contribution in [0.4, 0.5) is 10.5 Å². The van der Waals surface area contributed by atoms with Crippen LogP contribution in [0.25, 0.3) is 0 Å². The molecule has 9 heteroatoms. The molecule has 0 radical (unpaired) electrons. The second kappa shape index (κ2) is 14.2. The van der Waals surface area contributed by atoms with E-state index in [1.165, 1.54) is 0 Å². The Morgan fingerprint density at radius 2 is 1.71 bits per heavy atom. The smallest absolute Gasteiger partial charge is 0.322 e. The molecular weight excluding hydrogens is 484 g/mol. The van der Waals surface area contributed by atoms with Gasteiger partial charge in [-0.25, -0.2) is 4.79 Å². The van der Waals surface area contributed by atoms with Crippen LogP contribution in [0.1, 0.15) is 17.7 Å². The van der Waals surface area contributed by atoms with E-state index in [2.05, 4.69) is 10.2 Å². The standard InChI is InChI=1S/C29H36N4O5/c1-36-26-12-10-25(11-13-26)30-29(35)32(15-6-14-31-16-19-37-20-17-31)23-28(34)33(22-27-9-5-18-38-27)21-24-7-3-2-4-8-24/h2-5,7-13,18H,6,14-17,19-23H2,1H3,(H,30,35). The van der Waals surface area contributed by atoms with E-state index in [9.17, 15) is 9.59 Å². The van der Waals surface area contributed by atoms with Crippen molar-refractivity contribution in [2.24, 2.45) is 0 Å². The third kappa shape index (κ3) is 8.36. The van der Waals surface area contributed by atoms with Crippen LogP contribution in [0.3, 0.4) is 0 Å². The molecule has 9 nitrogen and oxygen atoms in total. The molecule has 0 spiro atoms. The van der Waals surface area contributed by atoms with Crippen LogP contribution in [0.5, 0.6) is 5.75 Å². The zero-order valence-corrected chi connectivity index (χ0v) is 21.9. The first-order valence-corrected chi connectivity index (χ1v) is 12.9. The molecule has 1 aliphatic rings. The summed E-state index contributed by atoms with van der Waals surface area (Å²) in [6, 6.07) is 20.3. The number of ether oxygens (including phenoxy) is 2. The van der Waals surface area contributed by atoms with Crippen molar-refractivity contribution in [1.82, 2.24) is 14.7 Å². The van der Waals surface area contributed by atoms with E-state index in [1.807, 2.05) is 36.4 Å². The normalized spacial score (nSPS) is 13.6. The van der Waals surface area contributed by atoms with Crippen molar-refractivity contribution in [2.75, 3.05) is 58.4 Å². The first kappa shape index (κ1) is 27.2. The molecule has 0 unspecified atom stereocenters. The average molecular weight is 521 g/mol. The van der Waals surface area contributed by atoms with E-state index < -0.39 is 0 Å².